The number of hydrogen-bond acceptors (Lipinski definition) is 2. The van der Waals surface area contributed by atoms with Crippen LogP contribution >= 0.6 is 47.2 Å². The largest absolute Gasteiger partial charge is 0.489 e. The summed E-state index contributed by atoms with van der Waals surface area (Å²) in [6.45, 7) is 1.19. The zero-order valence-corrected chi connectivity index (χ0v) is 19.8. The summed E-state index contributed by atoms with van der Waals surface area (Å²) in [7, 11) is 0. The van der Waals surface area contributed by atoms with Crippen molar-refractivity contribution in [1.29, 1.82) is 0 Å². The lowest BCUT2D eigenvalue weighted by Gasteiger charge is -2.54. The van der Waals surface area contributed by atoms with Crippen molar-refractivity contribution in [3.05, 3.63) is 62.6 Å². The van der Waals surface area contributed by atoms with Crippen molar-refractivity contribution in [2.45, 2.75) is 51.3 Å². The molecule has 4 fully saturated rings. The Balaban J connectivity index is 0.00000218. The summed E-state index contributed by atoms with van der Waals surface area (Å²) in [5, 5.41) is 5.88. The van der Waals surface area contributed by atoms with E-state index >= 15 is 0 Å². The van der Waals surface area contributed by atoms with Crippen molar-refractivity contribution < 1.29 is 4.74 Å². The van der Waals surface area contributed by atoms with Gasteiger partial charge in [0.05, 0.1) is 0 Å². The molecule has 0 amide bonds. The van der Waals surface area contributed by atoms with Crippen molar-refractivity contribution in [1.82, 2.24) is 5.32 Å². The van der Waals surface area contributed by atoms with Gasteiger partial charge in [-0.15, -0.1) is 12.4 Å². The second-order valence-electron chi connectivity index (χ2n) is 9.11. The van der Waals surface area contributed by atoms with E-state index in [4.69, 9.17) is 39.5 Å². The molecule has 4 saturated carbocycles. The third-order valence-corrected chi connectivity index (χ3v) is 8.00. The van der Waals surface area contributed by atoms with Gasteiger partial charge in [0.25, 0.3) is 0 Å². The molecule has 4 bridgehead atoms. The van der Waals surface area contributed by atoms with Gasteiger partial charge in [0, 0.05) is 38.8 Å². The van der Waals surface area contributed by atoms with Crippen LogP contribution in [0.3, 0.4) is 0 Å². The molecule has 0 atom stereocenters. The van der Waals surface area contributed by atoms with Crippen LogP contribution in [0.15, 0.2) is 36.4 Å². The van der Waals surface area contributed by atoms with Gasteiger partial charge in [-0.2, -0.15) is 0 Å². The predicted molar refractivity (Wildman–Crippen MR) is 127 cm³/mol. The molecule has 0 saturated heterocycles. The minimum Gasteiger partial charge on any atom is -0.489 e. The molecule has 2 nitrogen and oxygen atoms in total. The molecule has 2 aromatic rings. The number of nitrogens with one attached hydrogen (secondary N) is 1. The highest BCUT2D eigenvalue weighted by atomic mass is 35.5. The average Bonchev–Trinajstić information content (AvgIpc) is 2.67. The van der Waals surface area contributed by atoms with Crippen molar-refractivity contribution in [2.24, 2.45) is 23.7 Å². The van der Waals surface area contributed by atoms with Crippen LogP contribution in [0.4, 0.5) is 0 Å². The lowest BCUT2D eigenvalue weighted by Crippen LogP contribution is -2.54. The summed E-state index contributed by atoms with van der Waals surface area (Å²) >= 11 is 18.6. The van der Waals surface area contributed by atoms with Crippen LogP contribution in [-0.4, -0.2) is 6.04 Å². The Labute approximate surface area is 200 Å². The van der Waals surface area contributed by atoms with Gasteiger partial charge in [-0.3, -0.25) is 0 Å². The van der Waals surface area contributed by atoms with Crippen LogP contribution in [0.5, 0.6) is 5.75 Å². The SMILES string of the molecule is Cl.Clc1ccc(COc2ccc(Cl)cc2CNC2C3CC4CC(C3)CC2C4)c(Cl)c1. The Bertz CT molecular complexity index is 875. The maximum Gasteiger partial charge on any atom is 0.124 e. The van der Waals surface area contributed by atoms with Crippen LogP contribution in [0.25, 0.3) is 0 Å². The van der Waals surface area contributed by atoms with E-state index in [2.05, 4.69) is 5.32 Å². The second-order valence-corrected chi connectivity index (χ2v) is 10.4. The lowest BCUT2D eigenvalue weighted by molar-refractivity contribution is -0.0143. The molecule has 162 valence electrons. The highest BCUT2D eigenvalue weighted by Crippen LogP contribution is 2.53. The van der Waals surface area contributed by atoms with Gasteiger partial charge in [0.1, 0.15) is 12.4 Å². The number of benzene rings is 2. The molecule has 6 rings (SSSR count). The van der Waals surface area contributed by atoms with Gasteiger partial charge < -0.3 is 10.1 Å². The fourth-order valence-corrected chi connectivity index (χ4v) is 6.77. The fraction of sp³-hybridized carbons (Fsp3) is 0.500. The van der Waals surface area contributed by atoms with E-state index in [-0.39, 0.29) is 12.4 Å². The van der Waals surface area contributed by atoms with Gasteiger partial charge in [-0.1, -0.05) is 40.9 Å². The molecule has 4 aliphatic rings. The first-order valence-corrected chi connectivity index (χ1v) is 11.8. The Hall–Kier alpha value is -0.640. The zero-order chi connectivity index (χ0) is 20.0. The minimum absolute atomic E-state index is 0. The van der Waals surface area contributed by atoms with Crippen molar-refractivity contribution in [3.63, 3.8) is 0 Å². The third kappa shape index (κ3) is 4.74. The number of rotatable bonds is 6. The maximum atomic E-state index is 6.30. The smallest absolute Gasteiger partial charge is 0.124 e. The summed E-state index contributed by atoms with van der Waals surface area (Å²) in [4.78, 5) is 0. The van der Waals surface area contributed by atoms with E-state index < -0.39 is 0 Å². The van der Waals surface area contributed by atoms with E-state index in [0.717, 1.165) is 52.1 Å². The summed E-state index contributed by atoms with van der Waals surface area (Å²) in [5.74, 6) is 4.54. The number of ether oxygens (including phenoxy) is 1. The summed E-state index contributed by atoms with van der Waals surface area (Å²) in [6, 6.07) is 12.0. The normalized spacial score (nSPS) is 29.0. The Morgan fingerprint density at radius 3 is 2.10 bits per heavy atom. The van der Waals surface area contributed by atoms with E-state index in [9.17, 15) is 0 Å². The number of halogens is 4. The van der Waals surface area contributed by atoms with E-state index in [1.54, 1.807) is 6.07 Å². The molecule has 6 heteroatoms. The third-order valence-electron chi connectivity index (χ3n) is 7.18. The lowest BCUT2D eigenvalue weighted by atomic mass is 9.54. The second kappa shape index (κ2) is 9.46. The van der Waals surface area contributed by atoms with Crippen molar-refractivity contribution in [3.8, 4) is 5.75 Å². The Morgan fingerprint density at radius 2 is 1.43 bits per heavy atom. The Kier molecular flexibility index (Phi) is 7.11. The van der Waals surface area contributed by atoms with Gasteiger partial charge in [-0.05, 0) is 86.1 Å². The van der Waals surface area contributed by atoms with E-state index in [1.165, 1.54) is 32.1 Å². The van der Waals surface area contributed by atoms with Crippen LogP contribution < -0.4 is 10.1 Å². The van der Waals surface area contributed by atoms with Crippen molar-refractivity contribution in [2.75, 3.05) is 0 Å². The van der Waals surface area contributed by atoms with Gasteiger partial charge >= 0.3 is 0 Å². The molecule has 2 aromatic carbocycles. The van der Waals surface area contributed by atoms with Crippen LogP contribution in [0.1, 0.15) is 43.2 Å². The molecule has 4 aliphatic carbocycles. The van der Waals surface area contributed by atoms with Gasteiger partial charge in [-0.25, -0.2) is 0 Å². The summed E-state index contributed by atoms with van der Waals surface area (Å²) in [5.41, 5.74) is 2.03. The van der Waals surface area contributed by atoms with Gasteiger partial charge in [0.2, 0.25) is 0 Å². The van der Waals surface area contributed by atoms with Crippen LogP contribution in [0, 0.1) is 23.7 Å². The summed E-state index contributed by atoms with van der Waals surface area (Å²) in [6.07, 6.45) is 7.15. The topological polar surface area (TPSA) is 21.3 Å². The number of hydrogen-bond donors (Lipinski definition) is 1. The standard InChI is InChI=1S/C24H26Cl3NO.ClH/c25-20-3-4-23(29-13-16-1-2-21(26)11-22(16)27)19(10-20)12-28-24-17-6-14-5-15(8-17)9-18(24)7-14;/h1-4,10-11,14-15,17-18,24,28H,5-9,12-13H2;1H. The predicted octanol–water partition coefficient (Wildman–Crippen LogP) is 7.56. The van der Waals surface area contributed by atoms with E-state index in [1.807, 2.05) is 30.3 Å². The molecule has 0 aliphatic heterocycles. The molecule has 1 N–H and O–H groups in total. The molecule has 0 radical (unpaired) electrons. The zero-order valence-electron chi connectivity index (χ0n) is 16.8. The van der Waals surface area contributed by atoms with Crippen LogP contribution in [0.2, 0.25) is 15.1 Å². The first-order chi connectivity index (χ1) is 14.0. The highest BCUT2D eigenvalue weighted by Gasteiger charge is 2.47. The van der Waals surface area contributed by atoms with E-state index in [0.29, 0.717) is 22.7 Å². The van der Waals surface area contributed by atoms with Gasteiger partial charge in [0.15, 0.2) is 0 Å². The molecular weight excluding hydrogens is 460 g/mol. The molecule has 0 aromatic heterocycles. The van der Waals surface area contributed by atoms with Crippen molar-refractivity contribution >= 4 is 47.2 Å². The highest BCUT2D eigenvalue weighted by molar-refractivity contribution is 6.35. The molecule has 0 heterocycles. The van der Waals surface area contributed by atoms with Crippen LogP contribution in [-0.2, 0) is 13.2 Å². The minimum atomic E-state index is 0. The molecule has 30 heavy (non-hydrogen) atoms. The quantitative estimate of drug-likeness (QED) is 0.454. The fourth-order valence-electron chi connectivity index (χ4n) is 6.11. The monoisotopic (exact) mass is 485 g/mol. The molecule has 0 unspecified atom stereocenters. The molecule has 0 spiro atoms. The first-order valence-electron chi connectivity index (χ1n) is 10.6. The first kappa shape index (κ1) is 22.6. The Morgan fingerprint density at radius 1 is 0.800 bits per heavy atom. The summed E-state index contributed by atoms with van der Waals surface area (Å²) < 4.78 is 6.13. The average molecular weight is 487 g/mol. The molecular formula is C24H27Cl4NO. The maximum absolute atomic E-state index is 6.30.